The van der Waals surface area contributed by atoms with Crippen LogP contribution < -0.4 is 0 Å². The lowest BCUT2D eigenvalue weighted by Crippen LogP contribution is -1.86. The monoisotopic (exact) mass is 380 g/mol. The summed E-state index contributed by atoms with van der Waals surface area (Å²) in [6.07, 6.45) is 0. The third-order valence-corrected chi connectivity index (χ3v) is 3.64. The molecular weight excluding hydrogens is 368 g/mol. The largest absolute Gasteiger partial charge is 0.0622 e. The summed E-state index contributed by atoms with van der Waals surface area (Å²) in [7, 11) is 0. The van der Waals surface area contributed by atoms with Crippen molar-refractivity contribution in [1.29, 1.82) is 0 Å². The van der Waals surface area contributed by atoms with Crippen molar-refractivity contribution in [1.82, 2.24) is 0 Å². The van der Waals surface area contributed by atoms with Gasteiger partial charge in [-0.1, -0.05) is 66.0 Å². The van der Waals surface area contributed by atoms with Crippen molar-refractivity contribution in [3.8, 4) is 34.4 Å². The van der Waals surface area contributed by atoms with Gasteiger partial charge in [0.1, 0.15) is 0 Å². The van der Waals surface area contributed by atoms with Gasteiger partial charge < -0.3 is 0 Å². The van der Waals surface area contributed by atoms with Gasteiger partial charge in [0, 0.05) is 43.7 Å². The van der Waals surface area contributed by atoms with Crippen LogP contribution in [0.2, 0.25) is 0 Å². The van der Waals surface area contributed by atoms with Gasteiger partial charge in [-0.15, -0.1) is 0 Å². The molecule has 0 aliphatic rings. The van der Waals surface area contributed by atoms with E-state index in [1.54, 1.807) is 0 Å². The highest BCUT2D eigenvalue weighted by atomic mass is 79.9. The summed E-state index contributed by atoms with van der Waals surface area (Å²) < 4.78 is 0. The molecule has 25 heavy (non-hydrogen) atoms. The SMILES string of the molecule is BrC#Cc1cc(C#Cc2ccccc2)ccc1C#Cc1ccccc1. The van der Waals surface area contributed by atoms with Crippen LogP contribution in [0.3, 0.4) is 0 Å². The average Bonchev–Trinajstić information content (AvgIpc) is 2.67. The Morgan fingerprint density at radius 1 is 0.480 bits per heavy atom. The van der Waals surface area contributed by atoms with E-state index < -0.39 is 0 Å². The summed E-state index contributed by atoms with van der Waals surface area (Å²) >= 11 is 3.17. The van der Waals surface area contributed by atoms with E-state index in [-0.39, 0.29) is 0 Å². The summed E-state index contributed by atoms with van der Waals surface area (Å²) in [5, 5.41) is 0. The van der Waals surface area contributed by atoms with Crippen molar-refractivity contribution in [3.05, 3.63) is 107 Å². The predicted octanol–water partition coefficient (Wildman–Crippen LogP) is 5.19. The molecule has 0 fully saturated rings. The van der Waals surface area contributed by atoms with Crippen LogP contribution in [0.1, 0.15) is 27.8 Å². The molecule has 0 radical (unpaired) electrons. The molecule has 116 valence electrons. The maximum absolute atomic E-state index is 3.19. The highest BCUT2D eigenvalue weighted by Gasteiger charge is 1.99. The molecule has 0 aliphatic carbocycles. The Morgan fingerprint density at radius 3 is 1.64 bits per heavy atom. The zero-order valence-corrected chi connectivity index (χ0v) is 15.0. The lowest BCUT2D eigenvalue weighted by Gasteiger charge is -1.98. The van der Waals surface area contributed by atoms with Gasteiger partial charge in [0.25, 0.3) is 0 Å². The van der Waals surface area contributed by atoms with Crippen molar-refractivity contribution in [2.24, 2.45) is 0 Å². The van der Waals surface area contributed by atoms with Gasteiger partial charge in [-0.25, -0.2) is 0 Å². The lowest BCUT2D eigenvalue weighted by atomic mass is 10.0. The molecular formula is C24H13Br. The number of hydrogen-bond donors (Lipinski definition) is 0. The number of halogens is 1. The first kappa shape index (κ1) is 16.7. The van der Waals surface area contributed by atoms with Crippen LogP contribution in [-0.2, 0) is 0 Å². The summed E-state index contributed by atoms with van der Waals surface area (Å²) in [6, 6.07) is 25.8. The van der Waals surface area contributed by atoms with E-state index in [2.05, 4.69) is 50.4 Å². The first-order chi connectivity index (χ1) is 12.3. The molecule has 0 bridgehead atoms. The number of benzene rings is 3. The molecule has 0 heterocycles. The zero-order valence-electron chi connectivity index (χ0n) is 13.4. The molecule has 0 saturated carbocycles. The van der Waals surface area contributed by atoms with E-state index in [1.807, 2.05) is 78.9 Å². The van der Waals surface area contributed by atoms with Crippen LogP contribution in [0.25, 0.3) is 0 Å². The van der Waals surface area contributed by atoms with Gasteiger partial charge in [-0.3, -0.25) is 0 Å². The van der Waals surface area contributed by atoms with Gasteiger partial charge in [-0.05, 0) is 47.3 Å². The molecule has 3 aromatic carbocycles. The van der Waals surface area contributed by atoms with Crippen LogP contribution in [0, 0.1) is 34.4 Å². The minimum absolute atomic E-state index is 0.861. The van der Waals surface area contributed by atoms with Gasteiger partial charge in [0.05, 0.1) is 0 Å². The van der Waals surface area contributed by atoms with Crippen molar-refractivity contribution < 1.29 is 0 Å². The average molecular weight is 381 g/mol. The van der Waals surface area contributed by atoms with Crippen molar-refractivity contribution in [2.75, 3.05) is 0 Å². The third kappa shape index (κ3) is 4.89. The zero-order chi connectivity index (χ0) is 17.3. The highest BCUT2D eigenvalue weighted by Crippen LogP contribution is 2.11. The second-order valence-electron chi connectivity index (χ2n) is 5.21. The Bertz CT molecular complexity index is 1040. The molecule has 0 unspecified atom stereocenters. The van der Waals surface area contributed by atoms with E-state index in [0.717, 1.165) is 27.8 Å². The van der Waals surface area contributed by atoms with Crippen LogP contribution >= 0.6 is 15.9 Å². The standard InChI is InChI=1S/C24H13Br/c25-18-17-24-19-22(12-11-20-7-3-1-4-8-20)14-16-23(24)15-13-21-9-5-2-6-10-21/h1-10,14,16,19H. The lowest BCUT2D eigenvalue weighted by molar-refractivity contribution is 1.55. The predicted molar refractivity (Wildman–Crippen MR) is 107 cm³/mol. The third-order valence-electron chi connectivity index (χ3n) is 3.44. The fourth-order valence-corrected chi connectivity index (χ4v) is 2.43. The van der Waals surface area contributed by atoms with Crippen molar-refractivity contribution in [2.45, 2.75) is 0 Å². The summed E-state index contributed by atoms with van der Waals surface area (Å²) in [5.41, 5.74) is 4.64. The molecule has 0 spiro atoms. The molecule has 0 atom stereocenters. The summed E-state index contributed by atoms with van der Waals surface area (Å²) in [6.45, 7) is 0. The second kappa shape index (κ2) is 8.61. The van der Waals surface area contributed by atoms with E-state index in [9.17, 15) is 0 Å². The topological polar surface area (TPSA) is 0 Å². The molecule has 1 heteroatoms. The van der Waals surface area contributed by atoms with Gasteiger partial charge >= 0.3 is 0 Å². The fraction of sp³-hybridized carbons (Fsp3) is 0. The molecule has 0 aliphatic heterocycles. The molecule has 0 amide bonds. The van der Waals surface area contributed by atoms with Crippen molar-refractivity contribution >= 4 is 15.9 Å². The quantitative estimate of drug-likeness (QED) is 0.470. The molecule has 0 nitrogen and oxygen atoms in total. The van der Waals surface area contributed by atoms with Crippen LogP contribution in [0.15, 0.2) is 78.9 Å². The van der Waals surface area contributed by atoms with Gasteiger partial charge in [0.2, 0.25) is 0 Å². The Labute approximate surface area is 157 Å². The molecule has 0 saturated heterocycles. The van der Waals surface area contributed by atoms with Crippen LogP contribution in [0.5, 0.6) is 0 Å². The first-order valence-corrected chi connectivity index (χ1v) is 8.54. The van der Waals surface area contributed by atoms with E-state index in [4.69, 9.17) is 0 Å². The molecule has 0 N–H and O–H groups in total. The van der Waals surface area contributed by atoms with E-state index >= 15 is 0 Å². The molecule has 0 aromatic heterocycles. The highest BCUT2D eigenvalue weighted by molar-refractivity contribution is 9.12. The van der Waals surface area contributed by atoms with Crippen LogP contribution in [-0.4, -0.2) is 0 Å². The minimum Gasteiger partial charge on any atom is -0.0622 e. The number of rotatable bonds is 0. The maximum atomic E-state index is 3.19. The second-order valence-corrected chi connectivity index (χ2v) is 5.61. The Morgan fingerprint density at radius 2 is 1.04 bits per heavy atom. The smallest absolute Gasteiger partial charge is 0.0423 e. The first-order valence-electron chi connectivity index (χ1n) is 7.75. The van der Waals surface area contributed by atoms with Gasteiger partial charge in [0.15, 0.2) is 0 Å². The molecule has 3 rings (SSSR count). The van der Waals surface area contributed by atoms with Crippen LogP contribution in [0.4, 0.5) is 0 Å². The maximum Gasteiger partial charge on any atom is 0.0423 e. The summed E-state index contributed by atoms with van der Waals surface area (Å²) in [5.74, 6) is 15.8. The Hall–Kier alpha value is -3.18. The normalized spacial score (nSPS) is 8.84. The van der Waals surface area contributed by atoms with Gasteiger partial charge in [-0.2, -0.15) is 0 Å². The fourth-order valence-electron chi connectivity index (χ4n) is 2.21. The Kier molecular flexibility index (Phi) is 5.74. The minimum atomic E-state index is 0.861. The number of hydrogen-bond acceptors (Lipinski definition) is 0. The van der Waals surface area contributed by atoms with E-state index in [1.165, 1.54) is 0 Å². The molecule has 3 aromatic rings. The van der Waals surface area contributed by atoms with Crippen molar-refractivity contribution in [3.63, 3.8) is 0 Å². The van der Waals surface area contributed by atoms with E-state index in [0.29, 0.717) is 0 Å². The summed E-state index contributed by atoms with van der Waals surface area (Å²) in [4.78, 5) is 2.77. The Balaban J connectivity index is 1.93.